The van der Waals surface area contributed by atoms with Crippen LogP contribution in [0.2, 0.25) is 0 Å². The van der Waals surface area contributed by atoms with Crippen LogP contribution in [0.3, 0.4) is 0 Å². The van der Waals surface area contributed by atoms with E-state index in [1.54, 1.807) is 4.90 Å². The summed E-state index contributed by atoms with van der Waals surface area (Å²) in [6, 6.07) is 0. The highest BCUT2D eigenvalue weighted by Crippen LogP contribution is 2.18. The van der Waals surface area contributed by atoms with Crippen LogP contribution in [0.4, 0.5) is 13.2 Å². The number of likely N-dealkylation sites (tertiary alicyclic amines) is 1. The van der Waals surface area contributed by atoms with Crippen molar-refractivity contribution in [1.82, 2.24) is 10.2 Å². The standard InChI is InChI=1S/C10H17F3N2O/c1-2-8-3-4-15(6-8)9(16)5-14-7-10(11,12)13/h8,14H,2-7H2,1H3. The fourth-order valence-electron chi connectivity index (χ4n) is 1.82. The van der Waals surface area contributed by atoms with Gasteiger partial charge in [-0.2, -0.15) is 13.2 Å². The molecule has 1 unspecified atom stereocenters. The summed E-state index contributed by atoms with van der Waals surface area (Å²) >= 11 is 0. The van der Waals surface area contributed by atoms with E-state index < -0.39 is 12.7 Å². The van der Waals surface area contributed by atoms with Gasteiger partial charge in [-0.3, -0.25) is 4.79 Å². The van der Waals surface area contributed by atoms with Gasteiger partial charge in [0.25, 0.3) is 0 Å². The average molecular weight is 238 g/mol. The SMILES string of the molecule is CCC1CCN(C(=O)CNCC(F)(F)F)C1. The van der Waals surface area contributed by atoms with E-state index in [0.29, 0.717) is 19.0 Å². The summed E-state index contributed by atoms with van der Waals surface area (Å²) in [6.45, 7) is 2.08. The molecule has 0 aliphatic carbocycles. The first-order valence-electron chi connectivity index (χ1n) is 5.47. The first-order chi connectivity index (χ1) is 7.42. The number of halogens is 3. The number of hydrogen-bond acceptors (Lipinski definition) is 2. The van der Waals surface area contributed by atoms with Crippen molar-refractivity contribution in [2.45, 2.75) is 25.9 Å². The summed E-state index contributed by atoms with van der Waals surface area (Å²) in [6.07, 6.45) is -2.28. The lowest BCUT2D eigenvalue weighted by atomic mass is 10.1. The predicted octanol–water partition coefficient (Wildman–Crippen LogP) is 1.40. The molecular weight excluding hydrogens is 221 g/mol. The van der Waals surface area contributed by atoms with Gasteiger partial charge in [-0.25, -0.2) is 0 Å². The number of nitrogens with one attached hydrogen (secondary N) is 1. The lowest BCUT2D eigenvalue weighted by molar-refractivity contribution is -0.133. The predicted molar refractivity (Wildman–Crippen MR) is 53.9 cm³/mol. The number of carbonyl (C=O) groups excluding carboxylic acids is 1. The molecular formula is C10H17F3N2O. The second kappa shape index (κ2) is 5.52. The minimum Gasteiger partial charge on any atom is -0.341 e. The van der Waals surface area contributed by atoms with Crippen molar-refractivity contribution in [2.75, 3.05) is 26.2 Å². The first kappa shape index (κ1) is 13.3. The second-order valence-corrected chi connectivity index (χ2v) is 4.12. The Hall–Kier alpha value is -0.780. The molecule has 1 atom stereocenters. The van der Waals surface area contributed by atoms with Crippen molar-refractivity contribution in [3.8, 4) is 0 Å². The van der Waals surface area contributed by atoms with E-state index in [9.17, 15) is 18.0 Å². The number of alkyl halides is 3. The highest BCUT2D eigenvalue weighted by atomic mass is 19.4. The molecule has 94 valence electrons. The van der Waals surface area contributed by atoms with Crippen LogP contribution in [0.15, 0.2) is 0 Å². The van der Waals surface area contributed by atoms with Gasteiger partial charge in [0.1, 0.15) is 0 Å². The van der Waals surface area contributed by atoms with Crippen LogP contribution in [-0.4, -0.2) is 43.2 Å². The molecule has 0 aromatic heterocycles. The third-order valence-electron chi connectivity index (χ3n) is 2.82. The minimum atomic E-state index is -4.25. The molecule has 0 saturated carbocycles. The first-order valence-corrected chi connectivity index (χ1v) is 5.47. The Morgan fingerprint density at radius 1 is 1.50 bits per heavy atom. The number of nitrogens with zero attached hydrogens (tertiary/aromatic N) is 1. The smallest absolute Gasteiger partial charge is 0.341 e. The van der Waals surface area contributed by atoms with Gasteiger partial charge < -0.3 is 10.2 Å². The molecule has 16 heavy (non-hydrogen) atoms. The second-order valence-electron chi connectivity index (χ2n) is 4.12. The normalized spacial score (nSPS) is 21.5. The summed E-state index contributed by atoms with van der Waals surface area (Å²) in [4.78, 5) is 13.1. The molecule has 0 aromatic carbocycles. The monoisotopic (exact) mass is 238 g/mol. The molecule has 1 N–H and O–H groups in total. The van der Waals surface area contributed by atoms with E-state index in [-0.39, 0.29) is 12.5 Å². The Labute approximate surface area is 93.0 Å². The number of amides is 1. The van der Waals surface area contributed by atoms with Crippen molar-refractivity contribution in [2.24, 2.45) is 5.92 Å². The number of carbonyl (C=O) groups is 1. The van der Waals surface area contributed by atoms with Gasteiger partial charge in [-0.15, -0.1) is 0 Å². The van der Waals surface area contributed by atoms with Gasteiger partial charge in [-0.1, -0.05) is 13.3 Å². The third kappa shape index (κ3) is 4.38. The topological polar surface area (TPSA) is 32.3 Å². The molecule has 1 heterocycles. The van der Waals surface area contributed by atoms with Crippen LogP contribution < -0.4 is 5.32 Å². The summed E-state index contributed by atoms with van der Waals surface area (Å²) in [5, 5.41) is 2.12. The zero-order valence-electron chi connectivity index (χ0n) is 9.31. The van der Waals surface area contributed by atoms with Crippen molar-refractivity contribution in [3.63, 3.8) is 0 Å². The fourth-order valence-corrected chi connectivity index (χ4v) is 1.82. The molecule has 0 aromatic rings. The third-order valence-corrected chi connectivity index (χ3v) is 2.82. The van der Waals surface area contributed by atoms with Crippen molar-refractivity contribution in [3.05, 3.63) is 0 Å². The largest absolute Gasteiger partial charge is 0.401 e. The van der Waals surface area contributed by atoms with Gasteiger partial charge in [0.2, 0.25) is 5.91 Å². The lowest BCUT2D eigenvalue weighted by Crippen LogP contribution is -2.40. The highest BCUT2D eigenvalue weighted by Gasteiger charge is 2.28. The highest BCUT2D eigenvalue weighted by molar-refractivity contribution is 5.78. The van der Waals surface area contributed by atoms with Gasteiger partial charge in [0, 0.05) is 13.1 Å². The van der Waals surface area contributed by atoms with Gasteiger partial charge >= 0.3 is 6.18 Å². The molecule has 1 saturated heterocycles. The maximum absolute atomic E-state index is 11.8. The molecule has 1 rings (SSSR count). The number of rotatable bonds is 4. The molecule has 0 bridgehead atoms. The zero-order chi connectivity index (χ0) is 12.2. The van der Waals surface area contributed by atoms with E-state index in [0.717, 1.165) is 12.8 Å². The van der Waals surface area contributed by atoms with Gasteiger partial charge in [-0.05, 0) is 12.3 Å². The Morgan fingerprint density at radius 3 is 2.69 bits per heavy atom. The van der Waals surface area contributed by atoms with E-state index in [1.165, 1.54) is 0 Å². The van der Waals surface area contributed by atoms with Crippen molar-refractivity contribution < 1.29 is 18.0 Å². The van der Waals surface area contributed by atoms with E-state index in [2.05, 4.69) is 12.2 Å². The summed E-state index contributed by atoms with van der Waals surface area (Å²) < 4.78 is 35.4. The Kier molecular flexibility index (Phi) is 4.58. The van der Waals surface area contributed by atoms with Crippen LogP contribution in [0.5, 0.6) is 0 Å². The molecule has 0 radical (unpaired) electrons. The zero-order valence-corrected chi connectivity index (χ0v) is 9.31. The maximum atomic E-state index is 11.8. The molecule has 0 spiro atoms. The molecule has 6 heteroatoms. The van der Waals surface area contributed by atoms with Crippen LogP contribution in [0, 0.1) is 5.92 Å². The number of hydrogen-bond donors (Lipinski definition) is 1. The van der Waals surface area contributed by atoms with Crippen LogP contribution in [0.25, 0.3) is 0 Å². The van der Waals surface area contributed by atoms with Gasteiger partial charge in [0.05, 0.1) is 13.1 Å². The van der Waals surface area contributed by atoms with Gasteiger partial charge in [0.15, 0.2) is 0 Å². The van der Waals surface area contributed by atoms with Crippen LogP contribution >= 0.6 is 0 Å². The Bertz CT molecular complexity index is 243. The summed E-state index contributed by atoms with van der Waals surface area (Å²) in [5.41, 5.74) is 0. The van der Waals surface area contributed by atoms with E-state index in [4.69, 9.17) is 0 Å². The lowest BCUT2D eigenvalue weighted by Gasteiger charge is -2.17. The molecule has 3 nitrogen and oxygen atoms in total. The minimum absolute atomic E-state index is 0.226. The van der Waals surface area contributed by atoms with Crippen molar-refractivity contribution >= 4 is 5.91 Å². The fraction of sp³-hybridized carbons (Fsp3) is 0.900. The summed E-state index contributed by atoms with van der Waals surface area (Å²) in [7, 11) is 0. The van der Waals surface area contributed by atoms with Crippen LogP contribution in [0.1, 0.15) is 19.8 Å². The quantitative estimate of drug-likeness (QED) is 0.803. The van der Waals surface area contributed by atoms with Crippen LogP contribution in [-0.2, 0) is 4.79 Å². The Morgan fingerprint density at radius 2 is 2.19 bits per heavy atom. The summed E-state index contributed by atoms with van der Waals surface area (Å²) in [5.74, 6) is 0.270. The van der Waals surface area contributed by atoms with E-state index >= 15 is 0 Å². The molecule has 1 aliphatic rings. The molecule has 1 fully saturated rings. The average Bonchev–Trinajstić information content (AvgIpc) is 2.63. The maximum Gasteiger partial charge on any atom is 0.401 e. The van der Waals surface area contributed by atoms with E-state index in [1.807, 2.05) is 0 Å². The molecule has 1 amide bonds. The van der Waals surface area contributed by atoms with Crippen molar-refractivity contribution in [1.29, 1.82) is 0 Å². The Balaban J connectivity index is 2.21. The molecule has 1 aliphatic heterocycles.